The van der Waals surface area contributed by atoms with Crippen LogP contribution < -0.4 is 0 Å². The Bertz CT molecular complexity index is 633. The first-order valence-electron chi connectivity index (χ1n) is 7.59. The Hall–Kier alpha value is -1.40. The standard InChI is InChI=1S/C16H24N2O3S/c1-13(2)12-17-8-10-18(11-9-17)16(19)14-6-4-5-7-15(14)22(3,20)21/h4-7,13H,8-12H2,1-3H3. The summed E-state index contributed by atoms with van der Waals surface area (Å²) in [7, 11) is -3.40. The number of amides is 1. The fourth-order valence-electron chi connectivity index (χ4n) is 2.79. The zero-order valence-corrected chi connectivity index (χ0v) is 14.3. The van der Waals surface area contributed by atoms with Gasteiger partial charge < -0.3 is 4.90 Å². The fraction of sp³-hybridized carbons (Fsp3) is 0.562. The van der Waals surface area contributed by atoms with Crippen LogP contribution in [0.1, 0.15) is 24.2 Å². The summed E-state index contributed by atoms with van der Waals surface area (Å²) in [5.41, 5.74) is 0.280. The maximum absolute atomic E-state index is 12.6. The summed E-state index contributed by atoms with van der Waals surface area (Å²) in [6.45, 7) is 8.35. The highest BCUT2D eigenvalue weighted by Gasteiger charge is 2.26. The van der Waals surface area contributed by atoms with Crippen molar-refractivity contribution in [3.8, 4) is 0 Å². The molecule has 0 bridgehead atoms. The van der Waals surface area contributed by atoms with E-state index >= 15 is 0 Å². The minimum absolute atomic E-state index is 0.115. The van der Waals surface area contributed by atoms with E-state index in [0.29, 0.717) is 19.0 Å². The quantitative estimate of drug-likeness (QED) is 0.842. The first-order chi connectivity index (χ1) is 10.3. The molecule has 1 saturated heterocycles. The van der Waals surface area contributed by atoms with Gasteiger partial charge in [-0.2, -0.15) is 0 Å². The van der Waals surface area contributed by atoms with Crippen LogP contribution in [0.5, 0.6) is 0 Å². The topological polar surface area (TPSA) is 57.7 Å². The Morgan fingerprint density at radius 1 is 1.14 bits per heavy atom. The number of piperazine rings is 1. The van der Waals surface area contributed by atoms with Crippen molar-refractivity contribution in [3.05, 3.63) is 29.8 Å². The van der Waals surface area contributed by atoms with Gasteiger partial charge in [0.1, 0.15) is 0 Å². The molecule has 0 saturated carbocycles. The Morgan fingerprint density at radius 3 is 2.27 bits per heavy atom. The lowest BCUT2D eigenvalue weighted by Crippen LogP contribution is -2.49. The van der Waals surface area contributed by atoms with Crippen LogP contribution in [0, 0.1) is 5.92 Å². The molecule has 2 rings (SSSR count). The molecule has 0 aliphatic carbocycles. The summed E-state index contributed by atoms with van der Waals surface area (Å²) < 4.78 is 23.7. The third kappa shape index (κ3) is 4.08. The minimum atomic E-state index is -3.40. The molecule has 0 radical (unpaired) electrons. The van der Waals surface area contributed by atoms with Crippen LogP contribution >= 0.6 is 0 Å². The predicted molar refractivity (Wildman–Crippen MR) is 86.7 cm³/mol. The van der Waals surface area contributed by atoms with Gasteiger partial charge in [0.2, 0.25) is 0 Å². The molecule has 5 nitrogen and oxygen atoms in total. The first kappa shape index (κ1) is 17.0. The third-order valence-corrected chi connectivity index (χ3v) is 4.95. The molecule has 1 aromatic carbocycles. The van der Waals surface area contributed by atoms with Crippen LogP contribution in [-0.4, -0.2) is 63.1 Å². The molecule has 0 unspecified atom stereocenters. The molecular weight excluding hydrogens is 300 g/mol. The van der Waals surface area contributed by atoms with Crippen molar-refractivity contribution in [2.45, 2.75) is 18.7 Å². The van der Waals surface area contributed by atoms with Crippen molar-refractivity contribution in [2.24, 2.45) is 5.92 Å². The van der Waals surface area contributed by atoms with Gasteiger partial charge in [-0.1, -0.05) is 26.0 Å². The number of nitrogens with zero attached hydrogens (tertiary/aromatic N) is 2. The molecule has 1 fully saturated rings. The molecule has 1 aliphatic heterocycles. The van der Waals surface area contributed by atoms with Crippen LogP contribution in [0.25, 0.3) is 0 Å². The van der Waals surface area contributed by atoms with E-state index in [-0.39, 0.29) is 16.4 Å². The van der Waals surface area contributed by atoms with E-state index in [1.165, 1.54) is 6.07 Å². The minimum Gasteiger partial charge on any atom is -0.336 e. The number of hydrogen-bond acceptors (Lipinski definition) is 4. The zero-order chi connectivity index (χ0) is 16.3. The second-order valence-corrected chi connectivity index (χ2v) is 8.24. The Kier molecular flexibility index (Phi) is 5.24. The fourth-order valence-corrected chi connectivity index (χ4v) is 3.67. The van der Waals surface area contributed by atoms with E-state index in [1.807, 2.05) is 0 Å². The van der Waals surface area contributed by atoms with Crippen molar-refractivity contribution in [2.75, 3.05) is 39.0 Å². The molecule has 122 valence electrons. The lowest BCUT2D eigenvalue weighted by Gasteiger charge is -2.35. The summed E-state index contributed by atoms with van der Waals surface area (Å²) in [6, 6.07) is 6.45. The molecule has 1 amide bonds. The van der Waals surface area contributed by atoms with E-state index in [1.54, 1.807) is 23.1 Å². The molecule has 0 N–H and O–H groups in total. The predicted octanol–water partition coefficient (Wildman–Crippen LogP) is 1.50. The highest BCUT2D eigenvalue weighted by Crippen LogP contribution is 2.18. The summed E-state index contributed by atoms with van der Waals surface area (Å²) in [5.74, 6) is 0.415. The van der Waals surface area contributed by atoms with Crippen LogP contribution in [0.4, 0.5) is 0 Å². The Morgan fingerprint density at radius 2 is 1.73 bits per heavy atom. The van der Waals surface area contributed by atoms with E-state index in [0.717, 1.165) is 25.9 Å². The van der Waals surface area contributed by atoms with E-state index in [2.05, 4.69) is 18.7 Å². The number of hydrogen-bond donors (Lipinski definition) is 0. The smallest absolute Gasteiger partial charge is 0.255 e. The van der Waals surface area contributed by atoms with Gasteiger partial charge in [0, 0.05) is 39.0 Å². The number of carbonyl (C=O) groups excluding carboxylic acids is 1. The largest absolute Gasteiger partial charge is 0.336 e. The lowest BCUT2D eigenvalue weighted by atomic mass is 10.1. The second kappa shape index (κ2) is 6.79. The summed E-state index contributed by atoms with van der Waals surface area (Å²) >= 11 is 0. The number of carbonyl (C=O) groups is 1. The molecule has 1 heterocycles. The highest BCUT2D eigenvalue weighted by atomic mass is 32.2. The van der Waals surface area contributed by atoms with Crippen molar-refractivity contribution < 1.29 is 13.2 Å². The molecular formula is C16H24N2O3S. The van der Waals surface area contributed by atoms with Gasteiger partial charge >= 0.3 is 0 Å². The van der Waals surface area contributed by atoms with Crippen LogP contribution in [0.3, 0.4) is 0 Å². The van der Waals surface area contributed by atoms with Gasteiger partial charge in [-0.15, -0.1) is 0 Å². The SMILES string of the molecule is CC(C)CN1CCN(C(=O)c2ccccc2S(C)(=O)=O)CC1. The molecule has 0 atom stereocenters. The van der Waals surface area contributed by atoms with Gasteiger partial charge in [-0.3, -0.25) is 9.69 Å². The second-order valence-electron chi connectivity index (χ2n) is 6.25. The first-order valence-corrected chi connectivity index (χ1v) is 9.49. The van der Waals surface area contributed by atoms with Gasteiger partial charge in [0.15, 0.2) is 9.84 Å². The van der Waals surface area contributed by atoms with Crippen molar-refractivity contribution in [1.29, 1.82) is 0 Å². The summed E-state index contributed by atoms with van der Waals surface area (Å²) in [4.78, 5) is 16.8. The molecule has 6 heteroatoms. The van der Waals surface area contributed by atoms with E-state index in [9.17, 15) is 13.2 Å². The van der Waals surface area contributed by atoms with Crippen LogP contribution in [-0.2, 0) is 9.84 Å². The average molecular weight is 324 g/mol. The highest BCUT2D eigenvalue weighted by molar-refractivity contribution is 7.90. The van der Waals surface area contributed by atoms with Crippen LogP contribution in [0.15, 0.2) is 29.2 Å². The zero-order valence-electron chi connectivity index (χ0n) is 13.4. The maximum atomic E-state index is 12.6. The van der Waals surface area contributed by atoms with Crippen LogP contribution in [0.2, 0.25) is 0 Å². The Labute approximate surface area is 132 Å². The van der Waals surface area contributed by atoms with Gasteiger partial charge in [0.25, 0.3) is 5.91 Å². The number of rotatable bonds is 4. The third-order valence-electron chi connectivity index (χ3n) is 3.80. The number of sulfone groups is 1. The van der Waals surface area contributed by atoms with E-state index < -0.39 is 9.84 Å². The lowest BCUT2D eigenvalue weighted by molar-refractivity contribution is 0.0620. The van der Waals surface area contributed by atoms with Crippen molar-refractivity contribution >= 4 is 15.7 Å². The summed E-state index contributed by atoms with van der Waals surface area (Å²) in [6.07, 6.45) is 1.14. The van der Waals surface area contributed by atoms with Crippen molar-refractivity contribution in [1.82, 2.24) is 9.80 Å². The molecule has 1 aliphatic rings. The maximum Gasteiger partial charge on any atom is 0.255 e. The molecule has 1 aromatic rings. The summed E-state index contributed by atoms with van der Waals surface area (Å²) in [5, 5.41) is 0. The number of benzene rings is 1. The van der Waals surface area contributed by atoms with E-state index in [4.69, 9.17) is 0 Å². The Balaban J connectivity index is 2.11. The van der Waals surface area contributed by atoms with Gasteiger partial charge in [0.05, 0.1) is 10.5 Å². The molecule has 0 spiro atoms. The van der Waals surface area contributed by atoms with Gasteiger partial charge in [-0.25, -0.2) is 8.42 Å². The van der Waals surface area contributed by atoms with Crippen molar-refractivity contribution in [3.63, 3.8) is 0 Å². The monoisotopic (exact) mass is 324 g/mol. The average Bonchev–Trinajstić information content (AvgIpc) is 2.46. The van der Waals surface area contributed by atoms with Gasteiger partial charge in [-0.05, 0) is 18.1 Å². The molecule has 0 aromatic heterocycles. The normalized spacial score (nSPS) is 17.0. The molecule has 22 heavy (non-hydrogen) atoms.